The Morgan fingerprint density at radius 2 is 1.64 bits per heavy atom. The number of hydrogen-bond acceptors (Lipinski definition) is 3. The number of carbonyl (C=O) groups excluding carboxylic acids is 1. The lowest BCUT2D eigenvalue weighted by molar-refractivity contribution is -0.120. The van der Waals surface area contributed by atoms with E-state index in [1.165, 1.54) is 28.3 Å². The Bertz CT molecular complexity index is 1230. The van der Waals surface area contributed by atoms with E-state index in [0.717, 1.165) is 22.0 Å². The van der Waals surface area contributed by atoms with E-state index in [0.29, 0.717) is 5.69 Å². The number of carbonyl (C=O) groups is 1. The van der Waals surface area contributed by atoms with Crippen LogP contribution in [0.4, 0.5) is 5.69 Å². The molecule has 4 rings (SSSR count). The first-order valence-electron chi connectivity index (χ1n) is 11.1. The molecule has 0 saturated carbocycles. The smallest absolute Gasteiger partial charge is 0.264 e. The molecule has 0 bridgehead atoms. The number of aryl methyl sites for hydroxylation is 2. The molecule has 1 N–H and O–H groups in total. The van der Waals surface area contributed by atoms with Crippen LogP contribution >= 0.6 is 22.6 Å². The van der Waals surface area contributed by atoms with Crippen molar-refractivity contribution < 1.29 is 13.2 Å². The number of amides is 1. The van der Waals surface area contributed by atoms with Gasteiger partial charge in [-0.3, -0.25) is 9.10 Å². The lowest BCUT2D eigenvalue weighted by atomic mass is 9.89. The second-order valence-corrected chi connectivity index (χ2v) is 11.4. The summed E-state index contributed by atoms with van der Waals surface area (Å²) < 4.78 is 29.0. The highest BCUT2D eigenvalue weighted by molar-refractivity contribution is 14.1. The van der Waals surface area contributed by atoms with Crippen molar-refractivity contribution in [1.29, 1.82) is 0 Å². The molecule has 3 aromatic rings. The van der Waals surface area contributed by atoms with Crippen LogP contribution in [0.1, 0.15) is 42.5 Å². The normalized spacial score (nSPS) is 14.2. The fourth-order valence-electron chi connectivity index (χ4n) is 4.17. The zero-order valence-electron chi connectivity index (χ0n) is 18.5. The number of nitrogens with one attached hydrogen (secondary N) is 1. The fourth-order valence-corrected chi connectivity index (χ4v) is 5.97. The van der Waals surface area contributed by atoms with E-state index in [-0.39, 0.29) is 23.4 Å². The van der Waals surface area contributed by atoms with Gasteiger partial charge in [0.1, 0.15) is 6.54 Å². The molecule has 1 aliphatic carbocycles. The molecule has 7 heteroatoms. The van der Waals surface area contributed by atoms with E-state index in [9.17, 15) is 13.2 Å². The van der Waals surface area contributed by atoms with Gasteiger partial charge in [0, 0.05) is 3.57 Å². The van der Waals surface area contributed by atoms with Gasteiger partial charge in [-0.15, -0.1) is 0 Å². The van der Waals surface area contributed by atoms with Crippen molar-refractivity contribution in [3.63, 3.8) is 0 Å². The highest BCUT2D eigenvalue weighted by Gasteiger charge is 2.27. The number of sulfonamides is 1. The van der Waals surface area contributed by atoms with Crippen LogP contribution < -0.4 is 9.62 Å². The zero-order chi connectivity index (χ0) is 23.4. The topological polar surface area (TPSA) is 66.5 Å². The summed E-state index contributed by atoms with van der Waals surface area (Å²) in [7, 11) is -3.90. The first-order chi connectivity index (χ1) is 15.8. The number of halogens is 1. The van der Waals surface area contributed by atoms with Crippen LogP contribution in [0.5, 0.6) is 0 Å². The molecule has 0 spiro atoms. The molecule has 5 nitrogen and oxygen atoms in total. The Balaban J connectivity index is 1.56. The van der Waals surface area contributed by atoms with Gasteiger partial charge in [0.05, 0.1) is 16.6 Å². The Labute approximate surface area is 209 Å². The maximum Gasteiger partial charge on any atom is 0.264 e. The number of fused-ring (bicyclic) bond motifs is 1. The van der Waals surface area contributed by atoms with Crippen LogP contribution in [0.25, 0.3) is 0 Å². The number of anilines is 1. The third-order valence-electron chi connectivity index (χ3n) is 5.98. The molecular weight excluding hydrogens is 547 g/mol. The summed E-state index contributed by atoms with van der Waals surface area (Å²) in [4.78, 5) is 13.2. The van der Waals surface area contributed by atoms with Gasteiger partial charge in [-0.05, 0) is 108 Å². The third kappa shape index (κ3) is 5.58. The highest BCUT2D eigenvalue weighted by atomic mass is 127. The summed E-state index contributed by atoms with van der Waals surface area (Å²) >= 11 is 2.17. The predicted molar refractivity (Wildman–Crippen MR) is 140 cm³/mol. The molecule has 1 amide bonds. The molecule has 0 fully saturated rings. The van der Waals surface area contributed by atoms with Crippen molar-refractivity contribution >= 4 is 44.2 Å². The molecule has 0 unspecified atom stereocenters. The van der Waals surface area contributed by atoms with Gasteiger partial charge >= 0.3 is 0 Å². The third-order valence-corrected chi connectivity index (χ3v) is 8.49. The summed E-state index contributed by atoms with van der Waals surface area (Å²) in [5.74, 6) is -0.349. The molecule has 0 radical (unpaired) electrons. The van der Waals surface area contributed by atoms with Crippen LogP contribution in [-0.2, 0) is 27.7 Å². The second-order valence-electron chi connectivity index (χ2n) is 8.33. The average Bonchev–Trinajstić information content (AvgIpc) is 2.83. The van der Waals surface area contributed by atoms with Crippen molar-refractivity contribution in [3.05, 3.63) is 93.1 Å². The molecule has 0 aliphatic heterocycles. The van der Waals surface area contributed by atoms with Gasteiger partial charge in [0.15, 0.2) is 0 Å². The standard InChI is InChI=1S/C26H27IN2O3S/c1-19(21-12-11-20-7-5-6-8-22(20)17-21)28-26(30)18-29(24-15-13-23(27)14-16-24)33(31,32)25-9-3-2-4-10-25/h2-4,9-17,19H,5-8,18H2,1H3,(H,28,30)/t19-/m1/s1. The average molecular weight is 574 g/mol. The van der Waals surface area contributed by atoms with Crippen LogP contribution in [0.2, 0.25) is 0 Å². The van der Waals surface area contributed by atoms with Crippen LogP contribution in [-0.4, -0.2) is 20.9 Å². The van der Waals surface area contributed by atoms with Crippen molar-refractivity contribution in [3.8, 4) is 0 Å². The van der Waals surface area contributed by atoms with Crippen molar-refractivity contribution in [2.24, 2.45) is 0 Å². The molecule has 172 valence electrons. The van der Waals surface area contributed by atoms with Crippen molar-refractivity contribution in [1.82, 2.24) is 5.32 Å². The molecule has 0 heterocycles. The molecule has 33 heavy (non-hydrogen) atoms. The molecule has 1 atom stereocenters. The predicted octanol–water partition coefficient (Wildman–Crippen LogP) is 5.24. The van der Waals surface area contributed by atoms with Gasteiger partial charge < -0.3 is 5.32 Å². The Morgan fingerprint density at radius 1 is 0.970 bits per heavy atom. The van der Waals surface area contributed by atoms with E-state index in [1.807, 2.05) is 19.1 Å². The maximum atomic E-state index is 13.4. The number of benzene rings is 3. The van der Waals surface area contributed by atoms with Crippen LogP contribution in [0.15, 0.2) is 77.7 Å². The van der Waals surface area contributed by atoms with Crippen molar-refractivity contribution in [2.45, 2.75) is 43.5 Å². The van der Waals surface area contributed by atoms with E-state index in [1.54, 1.807) is 42.5 Å². The molecule has 3 aromatic carbocycles. The van der Waals surface area contributed by atoms with E-state index >= 15 is 0 Å². The van der Waals surface area contributed by atoms with E-state index in [4.69, 9.17) is 0 Å². The minimum Gasteiger partial charge on any atom is -0.348 e. The summed E-state index contributed by atoms with van der Waals surface area (Å²) in [6.45, 7) is 1.64. The minimum absolute atomic E-state index is 0.152. The van der Waals surface area contributed by atoms with Gasteiger partial charge in [0.25, 0.3) is 10.0 Å². The van der Waals surface area contributed by atoms with Gasteiger partial charge in [-0.1, -0.05) is 36.4 Å². The Kier molecular flexibility index (Phi) is 7.38. The quantitative estimate of drug-likeness (QED) is 0.393. The monoisotopic (exact) mass is 574 g/mol. The van der Waals surface area contributed by atoms with Gasteiger partial charge in [-0.2, -0.15) is 0 Å². The highest BCUT2D eigenvalue weighted by Crippen LogP contribution is 2.26. The zero-order valence-corrected chi connectivity index (χ0v) is 21.5. The largest absolute Gasteiger partial charge is 0.348 e. The van der Waals surface area contributed by atoms with E-state index in [2.05, 4.69) is 46.1 Å². The number of hydrogen-bond donors (Lipinski definition) is 1. The lowest BCUT2D eigenvalue weighted by Crippen LogP contribution is -2.41. The summed E-state index contributed by atoms with van der Waals surface area (Å²) in [5.41, 5.74) is 4.24. The summed E-state index contributed by atoms with van der Waals surface area (Å²) in [5, 5.41) is 2.99. The minimum atomic E-state index is -3.90. The fraction of sp³-hybridized carbons (Fsp3) is 0.269. The number of rotatable bonds is 7. The Morgan fingerprint density at radius 3 is 2.33 bits per heavy atom. The molecule has 0 aromatic heterocycles. The van der Waals surface area contributed by atoms with Crippen LogP contribution in [0.3, 0.4) is 0 Å². The van der Waals surface area contributed by atoms with Crippen molar-refractivity contribution in [2.75, 3.05) is 10.8 Å². The first-order valence-corrected chi connectivity index (χ1v) is 13.6. The molecule has 1 aliphatic rings. The molecular formula is C26H27IN2O3S. The first kappa shape index (κ1) is 23.8. The summed E-state index contributed by atoms with van der Waals surface area (Å²) in [6, 6.07) is 21.5. The van der Waals surface area contributed by atoms with Crippen LogP contribution in [0, 0.1) is 3.57 Å². The van der Waals surface area contributed by atoms with Gasteiger partial charge in [0.2, 0.25) is 5.91 Å². The van der Waals surface area contributed by atoms with Gasteiger partial charge in [-0.25, -0.2) is 8.42 Å². The SMILES string of the molecule is C[C@@H](NC(=O)CN(c1ccc(I)cc1)S(=O)(=O)c1ccccc1)c1ccc2c(c1)CCCC2. The second kappa shape index (κ2) is 10.3. The maximum absolute atomic E-state index is 13.4. The molecule has 0 saturated heterocycles. The number of nitrogens with zero attached hydrogens (tertiary/aromatic N) is 1. The Hall–Kier alpha value is -2.39. The van der Waals surface area contributed by atoms with E-state index < -0.39 is 10.0 Å². The lowest BCUT2D eigenvalue weighted by Gasteiger charge is -2.25. The summed E-state index contributed by atoms with van der Waals surface area (Å²) in [6.07, 6.45) is 4.60.